The van der Waals surface area contributed by atoms with Crippen molar-refractivity contribution < 1.29 is 9.32 Å². The average molecular weight is 398 g/mol. The van der Waals surface area contributed by atoms with E-state index in [2.05, 4.69) is 25.3 Å². The van der Waals surface area contributed by atoms with Crippen molar-refractivity contribution in [3.8, 4) is 10.7 Å². The molecule has 0 aromatic carbocycles. The van der Waals surface area contributed by atoms with Crippen LogP contribution in [-0.4, -0.2) is 39.0 Å². The molecular formula is C20H23N5O2S. The number of hydrogen-bond donors (Lipinski definition) is 1. The number of aromatic nitrogens is 3. The van der Waals surface area contributed by atoms with Gasteiger partial charge in [-0.3, -0.25) is 9.69 Å². The molecular weight excluding hydrogens is 374 g/mol. The average Bonchev–Trinajstić information content (AvgIpc) is 3.39. The number of nitrogens with zero attached hydrogens (tertiary/aromatic N) is 4. The second-order valence-corrected chi connectivity index (χ2v) is 8.04. The Morgan fingerprint density at radius 1 is 1.32 bits per heavy atom. The highest BCUT2D eigenvalue weighted by atomic mass is 32.1. The first-order valence-electron chi connectivity index (χ1n) is 9.46. The molecule has 2 atom stereocenters. The van der Waals surface area contributed by atoms with Gasteiger partial charge in [-0.15, -0.1) is 11.3 Å². The SMILES string of the molecule is Cc1cccc(NC(=O)C2CCCN(C(C)c3nc(-c4cccs4)no3)C2)n1. The lowest BCUT2D eigenvalue weighted by molar-refractivity contribution is -0.121. The van der Waals surface area contributed by atoms with Gasteiger partial charge in [0.15, 0.2) is 0 Å². The molecule has 0 spiro atoms. The van der Waals surface area contributed by atoms with E-state index < -0.39 is 0 Å². The molecule has 1 aliphatic rings. The van der Waals surface area contributed by atoms with Crippen molar-refractivity contribution in [2.45, 2.75) is 32.7 Å². The van der Waals surface area contributed by atoms with Crippen LogP contribution in [-0.2, 0) is 4.79 Å². The summed E-state index contributed by atoms with van der Waals surface area (Å²) in [6, 6.07) is 9.54. The van der Waals surface area contributed by atoms with Gasteiger partial charge in [0.1, 0.15) is 5.82 Å². The van der Waals surface area contributed by atoms with Gasteiger partial charge in [-0.25, -0.2) is 4.98 Å². The van der Waals surface area contributed by atoms with E-state index in [1.165, 1.54) is 0 Å². The van der Waals surface area contributed by atoms with Crippen molar-refractivity contribution >= 4 is 23.1 Å². The van der Waals surface area contributed by atoms with E-state index in [0.29, 0.717) is 24.1 Å². The van der Waals surface area contributed by atoms with Gasteiger partial charge in [-0.05, 0) is 56.8 Å². The second kappa shape index (κ2) is 8.20. The van der Waals surface area contributed by atoms with E-state index in [4.69, 9.17) is 4.52 Å². The number of thiophene rings is 1. The summed E-state index contributed by atoms with van der Waals surface area (Å²) in [6.45, 7) is 5.53. The Morgan fingerprint density at radius 2 is 2.21 bits per heavy atom. The van der Waals surface area contributed by atoms with Crippen molar-refractivity contribution in [1.29, 1.82) is 0 Å². The van der Waals surface area contributed by atoms with Crippen molar-refractivity contribution in [2.24, 2.45) is 5.92 Å². The van der Waals surface area contributed by atoms with Crippen LogP contribution >= 0.6 is 11.3 Å². The van der Waals surface area contributed by atoms with Crippen LogP contribution in [0.2, 0.25) is 0 Å². The fourth-order valence-corrected chi connectivity index (χ4v) is 4.13. The zero-order valence-corrected chi connectivity index (χ0v) is 16.8. The first kappa shape index (κ1) is 18.8. The second-order valence-electron chi connectivity index (χ2n) is 7.10. The largest absolute Gasteiger partial charge is 0.337 e. The fourth-order valence-electron chi connectivity index (χ4n) is 3.48. The van der Waals surface area contributed by atoms with Crippen LogP contribution < -0.4 is 5.32 Å². The molecule has 2 unspecified atom stereocenters. The topological polar surface area (TPSA) is 84.2 Å². The van der Waals surface area contributed by atoms with Gasteiger partial charge in [0.2, 0.25) is 17.6 Å². The van der Waals surface area contributed by atoms with Gasteiger partial charge in [-0.2, -0.15) is 4.98 Å². The third-order valence-corrected chi connectivity index (χ3v) is 5.92. The van der Waals surface area contributed by atoms with Gasteiger partial charge in [0.05, 0.1) is 16.8 Å². The number of amides is 1. The number of pyridine rings is 1. The minimum absolute atomic E-state index is 0.0137. The molecule has 8 heteroatoms. The first-order chi connectivity index (χ1) is 13.6. The quantitative estimate of drug-likeness (QED) is 0.703. The molecule has 0 bridgehead atoms. The number of carbonyl (C=O) groups is 1. The van der Waals surface area contributed by atoms with Crippen LogP contribution in [0, 0.1) is 12.8 Å². The zero-order valence-electron chi connectivity index (χ0n) is 16.0. The highest BCUT2D eigenvalue weighted by molar-refractivity contribution is 7.13. The molecule has 0 aliphatic carbocycles. The maximum Gasteiger partial charge on any atom is 0.244 e. The minimum atomic E-state index is -0.0850. The maximum atomic E-state index is 12.7. The molecule has 3 aromatic rings. The van der Waals surface area contributed by atoms with Crippen LogP contribution in [0.1, 0.15) is 37.4 Å². The minimum Gasteiger partial charge on any atom is -0.337 e. The smallest absolute Gasteiger partial charge is 0.244 e. The molecule has 1 fully saturated rings. The van der Waals surface area contributed by atoms with Gasteiger partial charge in [-0.1, -0.05) is 17.3 Å². The van der Waals surface area contributed by atoms with E-state index in [-0.39, 0.29) is 17.9 Å². The number of aryl methyl sites for hydroxylation is 1. The molecule has 1 saturated heterocycles. The number of hydrogen-bond acceptors (Lipinski definition) is 7. The van der Waals surface area contributed by atoms with Crippen LogP contribution in [0.15, 0.2) is 40.2 Å². The molecule has 4 heterocycles. The zero-order chi connectivity index (χ0) is 19.5. The van der Waals surface area contributed by atoms with E-state index in [1.54, 1.807) is 11.3 Å². The van der Waals surface area contributed by atoms with Crippen molar-refractivity contribution in [2.75, 3.05) is 18.4 Å². The van der Waals surface area contributed by atoms with Crippen molar-refractivity contribution in [1.82, 2.24) is 20.0 Å². The monoisotopic (exact) mass is 397 g/mol. The highest BCUT2D eigenvalue weighted by Gasteiger charge is 2.31. The van der Waals surface area contributed by atoms with Crippen molar-refractivity contribution in [3.63, 3.8) is 0 Å². The molecule has 1 amide bonds. The Bertz CT molecular complexity index is 940. The lowest BCUT2D eigenvalue weighted by atomic mass is 9.96. The number of carbonyl (C=O) groups excluding carboxylic acids is 1. The number of rotatable bonds is 5. The van der Waals surface area contributed by atoms with E-state index >= 15 is 0 Å². The molecule has 1 aliphatic heterocycles. The van der Waals surface area contributed by atoms with Crippen LogP contribution in [0.3, 0.4) is 0 Å². The summed E-state index contributed by atoms with van der Waals surface area (Å²) in [4.78, 5) is 24.9. The normalized spacial score (nSPS) is 18.7. The summed E-state index contributed by atoms with van der Waals surface area (Å²) in [7, 11) is 0. The number of anilines is 1. The number of nitrogens with one attached hydrogen (secondary N) is 1. The van der Waals surface area contributed by atoms with Crippen LogP contribution in [0.5, 0.6) is 0 Å². The molecule has 28 heavy (non-hydrogen) atoms. The summed E-state index contributed by atoms with van der Waals surface area (Å²) in [6.07, 6.45) is 1.82. The van der Waals surface area contributed by atoms with Gasteiger partial charge < -0.3 is 9.84 Å². The van der Waals surface area contributed by atoms with Crippen molar-refractivity contribution in [3.05, 3.63) is 47.3 Å². The summed E-state index contributed by atoms with van der Waals surface area (Å²) >= 11 is 1.59. The van der Waals surface area contributed by atoms with Gasteiger partial charge >= 0.3 is 0 Å². The van der Waals surface area contributed by atoms with Gasteiger partial charge in [0.25, 0.3) is 0 Å². The third kappa shape index (κ3) is 4.13. The predicted molar refractivity (Wildman–Crippen MR) is 108 cm³/mol. The standard InChI is InChI=1S/C20H23N5O2S/c1-13-6-3-9-17(21-13)22-19(26)15-7-4-10-25(12-15)14(2)20-23-18(24-27-20)16-8-5-11-28-16/h3,5-6,8-9,11,14-15H,4,7,10,12H2,1-2H3,(H,21,22,26). The molecule has 3 aromatic heterocycles. The summed E-state index contributed by atoms with van der Waals surface area (Å²) in [5.41, 5.74) is 0.884. The third-order valence-electron chi connectivity index (χ3n) is 5.05. The lowest BCUT2D eigenvalue weighted by Gasteiger charge is -2.34. The van der Waals surface area contributed by atoms with Crippen LogP contribution in [0.25, 0.3) is 10.7 Å². The summed E-state index contributed by atoms with van der Waals surface area (Å²) in [5.74, 6) is 1.74. The Morgan fingerprint density at radius 3 is 3.00 bits per heavy atom. The molecule has 0 saturated carbocycles. The Labute approximate surface area is 167 Å². The molecule has 4 rings (SSSR count). The Kier molecular flexibility index (Phi) is 5.50. The highest BCUT2D eigenvalue weighted by Crippen LogP contribution is 2.29. The first-order valence-corrected chi connectivity index (χ1v) is 10.3. The summed E-state index contributed by atoms with van der Waals surface area (Å²) < 4.78 is 5.50. The van der Waals surface area contributed by atoms with Crippen LogP contribution in [0.4, 0.5) is 5.82 Å². The summed E-state index contributed by atoms with van der Waals surface area (Å²) in [5, 5.41) is 9.04. The Hall–Kier alpha value is -2.58. The maximum absolute atomic E-state index is 12.7. The Balaban J connectivity index is 1.41. The van der Waals surface area contributed by atoms with E-state index in [0.717, 1.165) is 30.0 Å². The number of likely N-dealkylation sites (tertiary alicyclic amines) is 1. The fraction of sp³-hybridized carbons (Fsp3) is 0.400. The predicted octanol–water partition coefficient (Wildman–Crippen LogP) is 3.91. The van der Waals surface area contributed by atoms with Gasteiger partial charge in [0, 0.05) is 12.2 Å². The molecule has 7 nitrogen and oxygen atoms in total. The molecule has 146 valence electrons. The number of piperidine rings is 1. The van der Waals surface area contributed by atoms with E-state index in [9.17, 15) is 4.79 Å². The molecule has 1 N–H and O–H groups in total. The van der Waals surface area contributed by atoms with E-state index in [1.807, 2.05) is 49.6 Å². The molecule has 0 radical (unpaired) electrons. The lowest BCUT2D eigenvalue weighted by Crippen LogP contribution is -2.42.